The van der Waals surface area contributed by atoms with Gasteiger partial charge in [-0.3, -0.25) is 10.1 Å². The van der Waals surface area contributed by atoms with E-state index in [1.165, 1.54) is 0 Å². The van der Waals surface area contributed by atoms with Crippen LogP contribution >= 0.6 is 0 Å². The Kier molecular flexibility index (Phi) is 5.85. The van der Waals surface area contributed by atoms with E-state index in [-0.39, 0.29) is 23.6 Å². The molecule has 2 aromatic rings. The highest BCUT2D eigenvalue weighted by Crippen LogP contribution is 2.36. The number of rotatable bonds is 6. The number of urea groups is 1. The van der Waals surface area contributed by atoms with Crippen molar-refractivity contribution in [2.45, 2.75) is 24.6 Å². The number of carbonyl (C=O) groups excluding carboxylic acids is 2. The van der Waals surface area contributed by atoms with Gasteiger partial charge in [-0.15, -0.1) is 13.2 Å². The molecule has 0 saturated carbocycles. The van der Waals surface area contributed by atoms with Crippen LogP contribution < -0.4 is 20.3 Å². The maximum atomic E-state index is 13.8. The number of amides is 3. The van der Waals surface area contributed by atoms with Crippen LogP contribution in [0.1, 0.15) is 5.56 Å². The monoisotopic (exact) mass is 447 g/mol. The number of alkyl halides is 6. The number of hydrogen-bond acceptors (Lipinski definition) is 4. The molecule has 0 radical (unpaired) electrons. The Morgan fingerprint density at radius 2 is 1.55 bits per heavy atom. The van der Waals surface area contributed by atoms with Crippen LogP contribution in [0.5, 0.6) is 5.75 Å². The van der Waals surface area contributed by atoms with Crippen molar-refractivity contribution in [1.29, 1.82) is 0 Å². The van der Waals surface area contributed by atoms with Gasteiger partial charge in [0.25, 0.3) is 11.6 Å². The first kappa shape index (κ1) is 22.4. The average molecular weight is 447 g/mol. The molecule has 31 heavy (non-hydrogen) atoms. The second-order valence-electron chi connectivity index (χ2n) is 6.52. The molecule has 2 aromatic carbocycles. The second-order valence-corrected chi connectivity index (χ2v) is 6.52. The van der Waals surface area contributed by atoms with E-state index in [9.17, 15) is 35.9 Å². The fourth-order valence-corrected chi connectivity index (χ4v) is 3.01. The smallest absolute Gasteiger partial charge is 0.406 e. The first-order valence-corrected chi connectivity index (χ1v) is 8.81. The molecule has 166 valence electrons. The fraction of sp³-hybridized carbons (Fsp3) is 0.263. The predicted molar refractivity (Wildman–Crippen MR) is 96.1 cm³/mol. The minimum Gasteiger partial charge on any atom is -0.406 e. The molecule has 0 unspecified atom stereocenters. The lowest BCUT2D eigenvalue weighted by Crippen LogP contribution is -2.68. The summed E-state index contributed by atoms with van der Waals surface area (Å²) < 4.78 is 81.9. The quantitative estimate of drug-likeness (QED) is 0.523. The highest BCUT2D eigenvalue weighted by Gasteiger charge is 2.67. The lowest BCUT2D eigenvalue weighted by atomic mass is 10.1. The number of benzene rings is 2. The van der Waals surface area contributed by atoms with Crippen molar-refractivity contribution in [2.75, 3.05) is 11.4 Å². The van der Waals surface area contributed by atoms with E-state index in [0.29, 0.717) is 5.56 Å². The Morgan fingerprint density at radius 1 is 0.935 bits per heavy atom. The largest absolute Gasteiger partial charge is 0.573 e. The molecule has 1 aliphatic rings. The summed E-state index contributed by atoms with van der Waals surface area (Å²) in [5.74, 6) is -2.31. The SMILES string of the molecule is O=C1N[C@@](NCCc2ccccc2)(C(F)(F)F)C(=O)N1c1ccc(OC(F)(F)F)cc1. The van der Waals surface area contributed by atoms with Gasteiger partial charge in [-0.25, -0.2) is 9.69 Å². The maximum absolute atomic E-state index is 13.8. The molecular weight excluding hydrogens is 432 g/mol. The van der Waals surface area contributed by atoms with Crippen LogP contribution in [0.15, 0.2) is 54.6 Å². The minimum atomic E-state index is -5.19. The van der Waals surface area contributed by atoms with Crippen molar-refractivity contribution in [1.82, 2.24) is 10.6 Å². The topological polar surface area (TPSA) is 70.7 Å². The van der Waals surface area contributed by atoms with E-state index < -0.39 is 35.9 Å². The molecule has 6 nitrogen and oxygen atoms in total. The number of carbonyl (C=O) groups is 2. The van der Waals surface area contributed by atoms with Gasteiger partial charge in [0.05, 0.1) is 5.69 Å². The Labute approximate surface area is 171 Å². The molecule has 1 fully saturated rings. The van der Waals surface area contributed by atoms with Crippen LogP contribution in [0.25, 0.3) is 0 Å². The van der Waals surface area contributed by atoms with Crippen molar-refractivity contribution in [3.05, 3.63) is 60.2 Å². The molecule has 1 atom stereocenters. The van der Waals surface area contributed by atoms with Crippen LogP contribution in [-0.4, -0.2) is 36.7 Å². The van der Waals surface area contributed by atoms with Crippen molar-refractivity contribution in [3.8, 4) is 5.75 Å². The van der Waals surface area contributed by atoms with E-state index in [1.54, 1.807) is 35.6 Å². The van der Waals surface area contributed by atoms with Gasteiger partial charge in [0, 0.05) is 6.54 Å². The number of anilines is 1. The lowest BCUT2D eigenvalue weighted by molar-refractivity contribution is -0.274. The standard InChI is InChI=1S/C19H15F6N3O3/c20-18(21,22)17(26-11-10-12-4-2-1-3-5-12)15(29)28(16(30)27-17)13-6-8-14(9-7-13)31-19(23,24)25/h1-9,26H,10-11H2,(H,27,30)/t17-/m1/s1. The molecule has 1 heterocycles. The molecule has 0 bridgehead atoms. The summed E-state index contributed by atoms with van der Waals surface area (Å²) in [6.45, 7) is -0.290. The summed E-state index contributed by atoms with van der Waals surface area (Å²) >= 11 is 0. The number of nitrogens with zero attached hydrogens (tertiary/aromatic N) is 1. The Bertz CT molecular complexity index is 947. The third-order valence-electron chi connectivity index (χ3n) is 4.42. The van der Waals surface area contributed by atoms with Crippen molar-refractivity contribution in [3.63, 3.8) is 0 Å². The van der Waals surface area contributed by atoms with E-state index in [2.05, 4.69) is 10.1 Å². The molecule has 1 aliphatic heterocycles. The Hall–Kier alpha value is -3.28. The van der Waals surface area contributed by atoms with Gasteiger partial charge < -0.3 is 10.1 Å². The first-order valence-electron chi connectivity index (χ1n) is 8.81. The third kappa shape index (κ3) is 4.74. The Morgan fingerprint density at radius 3 is 2.10 bits per heavy atom. The normalized spacial score (nSPS) is 19.5. The molecule has 12 heteroatoms. The van der Waals surface area contributed by atoms with E-state index >= 15 is 0 Å². The van der Waals surface area contributed by atoms with Crippen LogP contribution in [0.3, 0.4) is 0 Å². The predicted octanol–water partition coefficient (Wildman–Crippen LogP) is 3.73. The van der Waals surface area contributed by atoms with Crippen molar-refractivity contribution < 1.29 is 40.7 Å². The zero-order chi connectivity index (χ0) is 22.9. The van der Waals surface area contributed by atoms with Crippen LogP contribution in [-0.2, 0) is 11.2 Å². The van der Waals surface area contributed by atoms with Gasteiger partial charge in [-0.2, -0.15) is 13.2 Å². The molecule has 0 spiro atoms. The first-order chi connectivity index (χ1) is 14.4. The van der Waals surface area contributed by atoms with Crippen LogP contribution in [0, 0.1) is 0 Å². The second kappa shape index (κ2) is 8.10. The zero-order valence-electron chi connectivity index (χ0n) is 15.6. The average Bonchev–Trinajstić information content (AvgIpc) is 2.93. The summed E-state index contributed by atoms with van der Waals surface area (Å²) in [5.41, 5.74) is -3.02. The Balaban J connectivity index is 1.81. The zero-order valence-corrected chi connectivity index (χ0v) is 15.6. The summed E-state index contributed by atoms with van der Waals surface area (Å²) in [6.07, 6.45) is -10.0. The van der Waals surface area contributed by atoms with E-state index in [4.69, 9.17) is 0 Å². The van der Waals surface area contributed by atoms with Gasteiger partial charge >= 0.3 is 18.6 Å². The van der Waals surface area contributed by atoms with Crippen molar-refractivity contribution >= 4 is 17.6 Å². The van der Waals surface area contributed by atoms with Gasteiger partial charge in [0.1, 0.15) is 5.75 Å². The summed E-state index contributed by atoms with van der Waals surface area (Å²) in [7, 11) is 0. The highest BCUT2D eigenvalue weighted by atomic mass is 19.4. The number of hydrogen-bond donors (Lipinski definition) is 2. The van der Waals surface area contributed by atoms with E-state index in [1.807, 2.05) is 0 Å². The third-order valence-corrected chi connectivity index (χ3v) is 4.42. The maximum Gasteiger partial charge on any atom is 0.573 e. The summed E-state index contributed by atoms with van der Waals surface area (Å²) in [4.78, 5) is 25.1. The summed E-state index contributed by atoms with van der Waals surface area (Å²) in [6, 6.07) is 10.4. The lowest BCUT2D eigenvalue weighted by Gasteiger charge is -2.30. The number of halogens is 6. The number of nitrogens with one attached hydrogen (secondary N) is 2. The molecule has 3 rings (SSSR count). The number of ether oxygens (including phenoxy) is 1. The van der Waals surface area contributed by atoms with Gasteiger partial charge in [0.2, 0.25) is 0 Å². The minimum absolute atomic E-state index is 0.144. The van der Waals surface area contributed by atoms with Crippen LogP contribution in [0.4, 0.5) is 36.8 Å². The molecule has 3 amide bonds. The summed E-state index contributed by atoms with van der Waals surface area (Å²) in [5, 5.41) is 3.72. The van der Waals surface area contributed by atoms with Crippen molar-refractivity contribution in [2.24, 2.45) is 0 Å². The molecule has 0 aliphatic carbocycles. The van der Waals surface area contributed by atoms with Gasteiger partial charge in [0.15, 0.2) is 0 Å². The fourth-order valence-electron chi connectivity index (χ4n) is 3.01. The molecule has 1 saturated heterocycles. The van der Waals surface area contributed by atoms with E-state index in [0.717, 1.165) is 24.3 Å². The molecular formula is C19H15F6N3O3. The van der Waals surface area contributed by atoms with Gasteiger partial charge in [-0.05, 0) is 36.2 Å². The molecule has 0 aromatic heterocycles. The number of imide groups is 1. The van der Waals surface area contributed by atoms with Gasteiger partial charge in [-0.1, -0.05) is 30.3 Å². The molecule has 2 N–H and O–H groups in total. The van der Waals surface area contributed by atoms with Crippen LogP contribution in [0.2, 0.25) is 0 Å². The highest BCUT2D eigenvalue weighted by molar-refractivity contribution is 6.23.